The molecule has 0 bridgehead atoms. The number of anilines is 1. The number of carbonyl (C=O) groups excluding carboxylic acids is 2. The molecule has 0 saturated heterocycles. The molecule has 7 nitrogen and oxygen atoms in total. The van der Waals surface area contributed by atoms with Crippen molar-refractivity contribution in [1.29, 1.82) is 0 Å². The van der Waals surface area contributed by atoms with Crippen LogP contribution in [0.2, 0.25) is 0 Å². The van der Waals surface area contributed by atoms with E-state index < -0.39 is 5.97 Å². The van der Waals surface area contributed by atoms with Crippen molar-refractivity contribution in [2.75, 3.05) is 18.7 Å². The molecule has 32 heavy (non-hydrogen) atoms. The summed E-state index contributed by atoms with van der Waals surface area (Å²) in [5.41, 5.74) is 3.16. The highest BCUT2D eigenvalue weighted by Crippen LogP contribution is 2.44. The normalized spacial score (nSPS) is 22.9. The fraction of sp³-hybridized carbons (Fsp3) is 0.360. The van der Waals surface area contributed by atoms with Gasteiger partial charge in [0.15, 0.2) is 11.5 Å². The Morgan fingerprint density at radius 2 is 1.94 bits per heavy atom. The number of carbonyl (C=O) groups is 2. The van der Waals surface area contributed by atoms with E-state index >= 15 is 0 Å². The Morgan fingerprint density at radius 1 is 1.12 bits per heavy atom. The van der Waals surface area contributed by atoms with Crippen molar-refractivity contribution in [2.45, 2.75) is 44.7 Å². The van der Waals surface area contributed by atoms with Crippen molar-refractivity contribution >= 4 is 17.6 Å². The van der Waals surface area contributed by atoms with Gasteiger partial charge < -0.3 is 24.4 Å². The Bertz CT molecular complexity index is 1100. The predicted octanol–water partition coefficient (Wildman–Crippen LogP) is 4.06. The van der Waals surface area contributed by atoms with Crippen LogP contribution in [0.25, 0.3) is 0 Å². The zero-order valence-electron chi connectivity index (χ0n) is 18.2. The topological polar surface area (TPSA) is 77.1 Å². The first-order valence-electron chi connectivity index (χ1n) is 11.1. The van der Waals surface area contributed by atoms with Gasteiger partial charge in [-0.15, -0.1) is 0 Å². The zero-order chi connectivity index (χ0) is 22.2. The van der Waals surface area contributed by atoms with E-state index in [4.69, 9.17) is 14.2 Å². The number of hydrogen-bond donors (Lipinski definition) is 1. The summed E-state index contributed by atoms with van der Waals surface area (Å²) in [6, 6.07) is 13.0. The van der Waals surface area contributed by atoms with Crippen molar-refractivity contribution in [3.05, 3.63) is 65.4 Å². The van der Waals surface area contributed by atoms with Gasteiger partial charge in [0.25, 0.3) is 5.91 Å². The number of amides is 1. The minimum atomic E-state index is -0.400. The van der Waals surface area contributed by atoms with E-state index in [1.807, 2.05) is 18.2 Å². The van der Waals surface area contributed by atoms with Crippen LogP contribution < -0.4 is 14.8 Å². The number of ether oxygens (including phenoxy) is 3. The lowest BCUT2D eigenvalue weighted by Crippen LogP contribution is -2.36. The molecule has 2 aromatic rings. The van der Waals surface area contributed by atoms with Gasteiger partial charge in [0.05, 0.1) is 18.2 Å². The van der Waals surface area contributed by atoms with Crippen LogP contribution in [0.15, 0.2) is 54.2 Å². The number of nitrogens with one attached hydrogen (secondary N) is 1. The summed E-state index contributed by atoms with van der Waals surface area (Å²) in [5, 5.41) is 3.50. The van der Waals surface area contributed by atoms with Gasteiger partial charge in [-0.2, -0.15) is 0 Å². The molecule has 0 saturated carbocycles. The number of fused-ring (bicyclic) bond motifs is 4. The fourth-order valence-corrected chi connectivity index (χ4v) is 4.86. The molecule has 1 amide bonds. The lowest BCUT2D eigenvalue weighted by Gasteiger charge is -2.28. The number of rotatable bonds is 4. The predicted molar refractivity (Wildman–Crippen MR) is 119 cm³/mol. The van der Waals surface area contributed by atoms with E-state index in [0.29, 0.717) is 22.6 Å². The standard InChI is InChI=1S/C25H26N2O5/c1-3-16-12-18-17-7-5-6-8-20(17)26-23(18)19(25(29)30-4-2)13-27(16)24(28)15-9-10-21-22(11-15)32-14-31-21/h5-11,13,16,18,23,26H,3-4,12,14H2,1-2H3. The van der Waals surface area contributed by atoms with E-state index in [9.17, 15) is 9.59 Å². The summed E-state index contributed by atoms with van der Waals surface area (Å²) in [6.07, 6.45) is 3.19. The molecule has 0 radical (unpaired) electrons. The van der Waals surface area contributed by atoms with Crippen LogP contribution in [0.4, 0.5) is 5.69 Å². The van der Waals surface area contributed by atoms with Gasteiger partial charge in [-0.05, 0) is 49.6 Å². The maximum atomic E-state index is 13.6. The highest BCUT2D eigenvalue weighted by atomic mass is 16.7. The number of nitrogens with zero attached hydrogens (tertiary/aromatic N) is 1. The highest BCUT2D eigenvalue weighted by Gasteiger charge is 2.43. The van der Waals surface area contributed by atoms with Gasteiger partial charge in [-0.3, -0.25) is 4.79 Å². The van der Waals surface area contributed by atoms with Gasteiger partial charge >= 0.3 is 5.97 Å². The summed E-state index contributed by atoms with van der Waals surface area (Å²) in [5.74, 6) is 0.679. The number of benzene rings is 2. The second-order valence-electron chi connectivity index (χ2n) is 8.20. The third kappa shape index (κ3) is 3.38. The smallest absolute Gasteiger partial charge is 0.337 e. The zero-order valence-corrected chi connectivity index (χ0v) is 18.2. The number of esters is 1. The molecule has 1 N–H and O–H groups in total. The van der Waals surface area contributed by atoms with Crippen molar-refractivity contribution in [1.82, 2.24) is 4.90 Å². The summed E-state index contributed by atoms with van der Waals surface area (Å²) < 4.78 is 16.2. The van der Waals surface area contributed by atoms with Crippen molar-refractivity contribution < 1.29 is 23.8 Å². The van der Waals surface area contributed by atoms with Gasteiger partial charge in [-0.25, -0.2) is 4.79 Å². The van der Waals surface area contributed by atoms with Gasteiger partial charge in [-0.1, -0.05) is 25.1 Å². The van der Waals surface area contributed by atoms with Gasteiger partial charge in [0.2, 0.25) is 6.79 Å². The van der Waals surface area contributed by atoms with Crippen LogP contribution >= 0.6 is 0 Å². The SMILES string of the molecule is CCOC(=O)C1=CN(C(=O)c2ccc3c(c2)OCO3)C(CC)CC2c3ccccc3NC12. The molecule has 3 heterocycles. The van der Waals surface area contributed by atoms with Crippen LogP contribution in [-0.4, -0.2) is 42.3 Å². The molecule has 7 heteroatoms. The molecule has 0 aliphatic carbocycles. The van der Waals surface area contributed by atoms with Crippen LogP contribution in [0.5, 0.6) is 11.5 Å². The summed E-state index contributed by atoms with van der Waals surface area (Å²) in [4.78, 5) is 28.3. The first kappa shape index (κ1) is 20.4. The van der Waals surface area contributed by atoms with Crippen LogP contribution in [0, 0.1) is 0 Å². The second kappa shape index (κ2) is 8.22. The summed E-state index contributed by atoms with van der Waals surface area (Å²) in [7, 11) is 0. The Balaban J connectivity index is 1.56. The molecule has 5 rings (SSSR count). The van der Waals surface area contributed by atoms with Crippen LogP contribution in [0.1, 0.15) is 48.5 Å². The van der Waals surface area contributed by atoms with Crippen LogP contribution in [0.3, 0.4) is 0 Å². The van der Waals surface area contributed by atoms with E-state index in [0.717, 1.165) is 18.5 Å². The number of hydrogen-bond acceptors (Lipinski definition) is 6. The van der Waals surface area contributed by atoms with E-state index in [1.165, 1.54) is 5.56 Å². The number of para-hydroxylation sites is 1. The molecule has 0 aromatic heterocycles. The van der Waals surface area contributed by atoms with Crippen molar-refractivity contribution in [2.24, 2.45) is 0 Å². The lowest BCUT2D eigenvalue weighted by atomic mass is 9.86. The average Bonchev–Trinajstić information content (AvgIpc) is 3.38. The van der Waals surface area contributed by atoms with E-state index in [1.54, 1.807) is 36.2 Å². The van der Waals surface area contributed by atoms with Gasteiger partial charge in [0.1, 0.15) is 0 Å². The van der Waals surface area contributed by atoms with Crippen molar-refractivity contribution in [3.63, 3.8) is 0 Å². The average molecular weight is 434 g/mol. The Labute approximate surface area is 186 Å². The molecule has 166 valence electrons. The first-order valence-corrected chi connectivity index (χ1v) is 11.1. The third-order valence-corrected chi connectivity index (χ3v) is 6.44. The minimum Gasteiger partial charge on any atom is -0.463 e. The highest BCUT2D eigenvalue weighted by molar-refractivity contribution is 5.98. The second-order valence-corrected chi connectivity index (χ2v) is 8.20. The summed E-state index contributed by atoms with van der Waals surface area (Å²) >= 11 is 0. The van der Waals surface area contributed by atoms with Crippen molar-refractivity contribution in [3.8, 4) is 11.5 Å². The molecule has 3 unspecified atom stereocenters. The molecule has 3 aliphatic rings. The maximum Gasteiger partial charge on any atom is 0.337 e. The monoisotopic (exact) mass is 434 g/mol. The molecule has 2 aromatic carbocycles. The molecule has 3 atom stereocenters. The molecular formula is C25H26N2O5. The molecule has 0 fully saturated rings. The fourth-order valence-electron chi connectivity index (χ4n) is 4.86. The van der Waals surface area contributed by atoms with Crippen LogP contribution in [-0.2, 0) is 9.53 Å². The first-order chi connectivity index (χ1) is 15.6. The largest absolute Gasteiger partial charge is 0.463 e. The van der Waals surface area contributed by atoms with E-state index in [-0.39, 0.29) is 37.3 Å². The van der Waals surface area contributed by atoms with E-state index in [2.05, 4.69) is 18.3 Å². The molecule has 0 spiro atoms. The minimum absolute atomic E-state index is 0.0692. The molecule has 3 aliphatic heterocycles. The molecular weight excluding hydrogens is 408 g/mol. The maximum absolute atomic E-state index is 13.6. The summed E-state index contributed by atoms with van der Waals surface area (Å²) in [6.45, 7) is 4.27. The third-order valence-electron chi connectivity index (χ3n) is 6.44. The van der Waals surface area contributed by atoms with Gasteiger partial charge in [0, 0.05) is 29.4 Å². The Morgan fingerprint density at radius 3 is 2.75 bits per heavy atom. The quantitative estimate of drug-likeness (QED) is 0.732. The Kier molecular flexibility index (Phi) is 5.25. The lowest BCUT2D eigenvalue weighted by molar-refractivity contribution is -0.138. The Hall–Kier alpha value is -3.48.